The van der Waals surface area contributed by atoms with E-state index in [1.807, 2.05) is 19.0 Å². The number of amides is 1. The molecule has 2 heterocycles. The zero-order valence-electron chi connectivity index (χ0n) is 14.0. The molecule has 6 nitrogen and oxygen atoms in total. The first-order valence-electron chi connectivity index (χ1n) is 8.43. The molecule has 6 heteroatoms. The van der Waals surface area contributed by atoms with Crippen molar-refractivity contribution in [3.8, 4) is 0 Å². The molecule has 0 aromatic carbocycles. The number of carbonyl (C=O) groups is 1. The third-order valence-electron chi connectivity index (χ3n) is 4.65. The van der Waals surface area contributed by atoms with Crippen molar-refractivity contribution >= 4 is 5.91 Å². The first-order chi connectivity index (χ1) is 11.1. The Balaban J connectivity index is 1.68. The van der Waals surface area contributed by atoms with Crippen molar-refractivity contribution < 1.29 is 9.90 Å². The predicted molar refractivity (Wildman–Crippen MR) is 87.1 cm³/mol. The lowest BCUT2D eigenvalue weighted by Gasteiger charge is -2.38. The van der Waals surface area contributed by atoms with Crippen molar-refractivity contribution in [2.75, 3.05) is 40.3 Å². The zero-order valence-corrected chi connectivity index (χ0v) is 14.0. The molecule has 1 N–H and O–H groups in total. The van der Waals surface area contributed by atoms with Crippen LogP contribution in [0.1, 0.15) is 41.4 Å². The van der Waals surface area contributed by atoms with Gasteiger partial charge in [-0.05, 0) is 45.2 Å². The second-order valence-corrected chi connectivity index (χ2v) is 7.23. The van der Waals surface area contributed by atoms with Gasteiger partial charge in [0.2, 0.25) is 0 Å². The third kappa shape index (κ3) is 4.06. The highest BCUT2D eigenvalue weighted by Crippen LogP contribution is 2.37. The second-order valence-electron chi connectivity index (χ2n) is 7.23. The highest BCUT2D eigenvalue weighted by molar-refractivity contribution is 5.93. The van der Waals surface area contributed by atoms with Gasteiger partial charge in [0.15, 0.2) is 0 Å². The Morgan fingerprint density at radius 2 is 1.91 bits per heavy atom. The Morgan fingerprint density at radius 1 is 1.26 bits per heavy atom. The molecule has 2 aliphatic rings. The van der Waals surface area contributed by atoms with E-state index in [1.54, 1.807) is 12.4 Å². The number of piperidine rings is 1. The molecule has 1 aliphatic carbocycles. The quantitative estimate of drug-likeness (QED) is 0.876. The maximum atomic E-state index is 12.7. The fraction of sp³-hybridized carbons (Fsp3) is 0.706. The first kappa shape index (κ1) is 16.3. The summed E-state index contributed by atoms with van der Waals surface area (Å²) in [5.41, 5.74) is 0.552. The van der Waals surface area contributed by atoms with Crippen molar-refractivity contribution in [3.05, 3.63) is 23.8 Å². The van der Waals surface area contributed by atoms with E-state index in [9.17, 15) is 9.90 Å². The molecule has 0 bridgehead atoms. The summed E-state index contributed by atoms with van der Waals surface area (Å²) >= 11 is 0. The molecule has 3 rings (SSSR count). The topological polar surface area (TPSA) is 69.6 Å². The van der Waals surface area contributed by atoms with E-state index in [0.717, 1.165) is 38.2 Å². The van der Waals surface area contributed by atoms with Crippen LogP contribution >= 0.6 is 0 Å². The van der Waals surface area contributed by atoms with E-state index in [2.05, 4.69) is 14.9 Å². The van der Waals surface area contributed by atoms with Gasteiger partial charge in [0, 0.05) is 44.6 Å². The fourth-order valence-electron chi connectivity index (χ4n) is 3.45. The van der Waals surface area contributed by atoms with Crippen LogP contribution in [0, 0.1) is 11.8 Å². The monoisotopic (exact) mass is 318 g/mol. The van der Waals surface area contributed by atoms with Crippen LogP contribution in [0.25, 0.3) is 0 Å². The Kier molecular flexibility index (Phi) is 4.92. The van der Waals surface area contributed by atoms with Crippen LogP contribution in [0.2, 0.25) is 0 Å². The summed E-state index contributed by atoms with van der Waals surface area (Å²) < 4.78 is 0. The van der Waals surface area contributed by atoms with Gasteiger partial charge in [0.25, 0.3) is 5.91 Å². The molecule has 0 unspecified atom stereocenters. The molecule has 0 spiro atoms. The molecule has 2 fully saturated rings. The van der Waals surface area contributed by atoms with E-state index in [0.29, 0.717) is 23.9 Å². The number of likely N-dealkylation sites (tertiary alicyclic amines) is 1. The molecular weight excluding hydrogens is 292 g/mol. The summed E-state index contributed by atoms with van der Waals surface area (Å²) in [6.07, 6.45) is 6.60. The Bertz CT molecular complexity index is 542. The van der Waals surface area contributed by atoms with Crippen molar-refractivity contribution in [2.24, 2.45) is 11.8 Å². The van der Waals surface area contributed by atoms with Gasteiger partial charge >= 0.3 is 0 Å². The van der Waals surface area contributed by atoms with Crippen LogP contribution in [0.4, 0.5) is 0 Å². The van der Waals surface area contributed by atoms with Gasteiger partial charge in [-0.15, -0.1) is 0 Å². The summed E-state index contributed by atoms with van der Waals surface area (Å²) in [5, 5.41) is 9.54. The minimum atomic E-state index is -0.0192. The van der Waals surface area contributed by atoms with E-state index >= 15 is 0 Å². The largest absolute Gasteiger partial charge is 0.396 e. The molecule has 1 saturated heterocycles. The average Bonchev–Trinajstić information content (AvgIpc) is 3.38. The SMILES string of the molecule is CN(C)C[C@H]1C[C@H](CO)CN(C(=O)c2cnc(C3CC3)nc2)C1. The molecule has 1 aromatic rings. The second kappa shape index (κ2) is 6.93. The summed E-state index contributed by atoms with van der Waals surface area (Å²) in [7, 11) is 4.08. The van der Waals surface area contributed by atoms with E-state index in [1.165, 1.54) is 0 Å². The average molecular weight is 318 g/mol. The molecule has 1 aliphatic heterocycles. The number of aliphatic hydroxyl groups is 1. The van der Waals surface area contributed by atoms with E-state index in [4.69, 9.17) is 0 Å². The third-order valence-corrected chi connectivity index (χ3v) is 4.65. The number of rotatable bonds is 5. The first-order valence-corrected chi connectivity index (χ1v) is 8.43. The van der Waals surface area contributed by atoms with Crippen molar-refractivity contribution in [1.82, 2.24) is 19.8 Å². The lowest BCUT2D eigenvalue weighted by atomic mass is 9.89. The molecular formula is C17H26N4O2. The van der Waals surface area contributed by atoms with Crippen LogP contribution in [0.3, 0.4) is 0 Å². The maximum Gasteiger partial charge on any atom is 0.257 e. The van der Waals surface area contributed by atoms with Gasteiger partial charge in [-0.2, -0.15) is 0 Å². The lowest BCUT2D eigenvalue weighted by Crippen LogP contribution is -2.47. The summed E-state index contributed by atoms with van der Waals surface area (Å²) in [6, 6.07) is 0. The maximum absolute atomic E-state index is 12.7. The van der Waals surface area contributed by atoms with E-state index < -0.39 is 0 Å². The fourth-order valence-corrected chi connectivity index (χ4v) is 3.45. The smallest absolute Gasteiger partial charge is 0.257 e. The molecule has 1 saturated carbocycles. The van der Waals surface area contributed by atoms with Crippen molar-refractivity contribution in [2.45, 2.75) is 25.2 Å². The van der Waals surface area contributed by atoms with Crippen LogP contribution in [0.5, 0.6) is 0 Å². The standard InChI is InChI=1S/C17H26N4O2/c1-20(2)8-12-5-13(11-22)10-21(9-12)17(23)15-6-18-16(19-7-15)14-3-4-14/h6-7,12-14,22H,3-5,8-11H2,1-2H3/t12-,13+/m1/s1. The number of carbonyl (C=O) groups excluding carboxylic acids is 1. The van der Waals surface area contributed by atoms with Gasteiger partial charge < -0.3 is 14.9 Å². The van der Waals surface area contributed by atoms with Crippen LogP contribution in [-0.2, 0) is 0 Å². The van der Waals surface area contributed by atoms with Gasteiger partial charge in [-0.25, -0.2) is 9.97 Å². The van der Waals surface area contributed by atoms with Crippen LogP contribution in [0.15, 0.2) is 12.4 Å². The minimum Gasteiger partial charge on any atom is -0.396 e. The summed E-state index contributed by atoms with van der Waals surface area (Å²) in [4.78, 5) is 25.4. The number of hydrogen-bond acceptors (Lipinski definition) is 5. The van der Waals surface area contributed by atoms with E-state index in [-0.39, 0.29) is 18.4 Å². The summed E-state index contributed by atoms with van der Waals surface area (Å²) in [6.45, 7) is 2.41. The lowest BCUT2D eigenvalue weighted by molar-refractivity contribution is 0.0477. The highest BCUT2D eigenvalue weighted by Gasteiger charge is 2.31. The molecule has 0 radical (unpaired) electrons. The number of aliphatic hydroxyl groups excluding tert-OH is 1. The number of nitrogens with zero attached hydrogens (tertiary/aromatic N) is 4. The molecule has 126 valence electrons. The zero-order chi connectivity index (χ0) is 16.4. The number of hydrogen-bond donors (Lipinski definition) is 1. The van der Waals surface area contributed by atoms with Crippen molar-refractivity contribution in [3.63, 3.8) is 0 Å². The minimum absolute atomic E-state index is 0.0192. The van der Waals surface area contributed by atoms with Gasteiger partial charge in [-0.1, -0.05) is 0 Å². The highest BCUT2D eigenvalue weighted by atomic mass is 16.3. The molecule has 23 heavy (non-hydrogen) atoms. The Morgan fingerprint density at radius 3 is 2.48 bits per heavy atom. The van der Waals surface area contributed by atoms with Crippen molar-refractivity contribution in [1.29, 1.82) is 0 Å². The van der Waals surface area contributed by atoms with Gasteiger partial charge in [-0.3, -0.25) is 4.79 Å². The predicted octanol–water partition coefficient (Wildman–Crippen LogP) is 0.986. The molecule has 1 amide bonds. The Labute approximate surface area is 137 Å². The van der Waals surface area contributed by atoms with Gasteiger partial charge in [0.1, 0.15) is 5.82 Å². The van der Waals surface area contributed by atoms with Gasteiger partial charge in [0.05, 0.1) is 5.56 Å². The van der Waals surface area contributed by atoms with Crippen LogP contribution < -0.4 is 0 Å². The molecule has 1 aromatic heterocycles. The number of aromatic nitrogens is 2. The molecule has 2 atom stereocenters. The normalized spacial score (nSPS) is 25.0. The summed E-state index contributed by atoms with van der Waals surface area (Å²) in [5.74, 6) is 1.89. The van der Waals surface area contributed by atoms with Crippen LogP contribution in [-0.4, -0.2) is 71.1 Å². The Hall–Kier alpha value is -1.53.